The van der Waals surface area contributed by atoms with Crippen LogP contribution in [0.2, 0.25) is 0 Å². The molecule has 1 rings (SSSR count). The highest BCUT2D eigenvalue weighted by Gasteiger charge is 2.02. The predicted molar refractivity (Wildman–Crippen MR) is 56.1 cm³/mol. The molecule has 0 atom stereocenters. The van der Waals surface area contributed by atoms with Crippen molar-refractivity contribution in [3.8, 4) is 5.75 Å². The Kier molecular flexibility index (Phi) is 4.90. The number of hydrogen-bond donors (Lipinski definition) is 0. The van der Waals surface area contributed by atoms with E-state index in [1.807, 2.05) is 0 Å². The van der Waals surface area contributed by atoms with Crippen molar-refractivity contribution >= 4 is 15.9 Å². The molecule has 0 aromatic heterocycles. The fraction of sp³-hybridized carbons (Fsp3) is 0.400. The average Bonchev–Trinajstić information content (AvgIpc) is 2.15. The molecule has 0 bridgehead atoms. The smallest absolute Gasteiger partial charge is 0.166 e. The number of ether oxygens (including phenoxy) is 2. The Morgan fingerprint density at radius 2 is 2.14 bits per heavy atom. The van der Waals surface area contributed by atoms with Gasteiger partial charge in [-0.2, -0.15) is 0 Å². The van der Waals surface area contributed by atoms with Gasteiger partial charge < -0.3 is 9.47 Å². The largest absolute Gasteiger partial charge is 0.490 e. The molecule has 0 aliphatic rings. The standard InChI is InChI=1S/C10H12BrFO2/c1-13-5-2-6-14-10-4-3-8(11)7-9(10)12/h3-4,7H,2,5-6H2,1H3. The van der Waals surface area contributed by atoms with Gasteiger partial charge in [0, 0.05) is 24.6 Å². The molecule has 0 unspecified atom stereocenters. The van der Waals surface area contributed by atoms with Gasteiger partial charge >= 0.3 is 0 Å². The fourth-order valence-electron chi connectivity index (χ4n) is 0.978. The van der Waals surface area contributed by atoms with E-state index in [0.29, 0.717) is 17.7 Å². The van der Waals surface area contributed by atoms with Crippen LogP contribution < -0.4 is 4.74 Å². The normalized spacial score (nSPS) is 10.2. The van der Waals surface area contributed by atoms with E-state index in [9.17, 15) is 4.39 Å². The third-order valence-electron chi connectivity index (χ3n) is 1.64. The molecule has 0 saturated heterocycles. The van der Waals surface area contributed by atoms with Crippen LogP contribution in [0.4, 0.5) is 4.39 Å². The number of benzene rings is 1. The molecule has 0 heterocycles. The molecule has 78 valence electrons. The van der Waals surface area contributed by atoms with Crippen molar-refractivity contribution in [3.05, 3.63) is 28.5 Å². The summed E-state index contributed by atoms with van der Waals surface area (Å²) in [6.07, 6.45) is 0.756. The van der Waals surface area contributed by atoms with Crippen LogP contribution in [0.15, 0.2) is 22.7 Å². The first-order valence-corrected chi connectivity index (χ1v) is 5.10. The number of methoxy groups -OCH3 is 1. The molecule has 1 aromatic carbocycles. The van der Waals surface area contributed by atoms with Crippen LogP contribution in [0.25, 0.3) is 0 Å². The van der Waals surface area contributed by atoms with Crippen LogP contribution in [-0.4, -0.2) is 20.3 Å². The third kappa shape index (κ3) is 3.64. The maximum atomic E-state index is 13.2. The quantitative estimate of drug-likeness (QED) is 0.760. The second kappa shape index (κ2) is 5.98. The maximum Gasteiger partial charge on any atom is 0.166 e. The molecule has 0 aliphatic heterocycles. The van der Waals surface area contributed by atoms with E-state index in [4.69, 9.17) is 9.47 Å². The molecule has 0 spiro atoms. The first-order chi connectivity index (χ1) is 6.74. The molecule has 0 fully saturated rings. The summed E-state index contributed by atoms with van der Waals surface area (Å²) in [6.45, 7) is 1.09. The molecule has 2 nitrogen and oxygen atoms in total. The maximum absolute atomic E-state index is 13.2. The molecule has 4 heteroatoms. The van der Waals surface area contributed by atoms with Crippen molar-refractivity contribution < 1.29 is 13.9 Å². The second-order valence-electron chi connectivity index (χ2n) is 2.77. The zero-order valence-electron chi connectivity index (χ0n) is 7.93. The number of hydrogen-bond acceptors (Lipinski definition) is 2. The van der Waals surface area contributed by atoms with Crippen molar-refractivity contribution in [2.75, 3.05) is 20.3 Å². The summed E-state index contributed by atoms with van der Waals surface area (Å²) in [5.41, 5.74) is 0. The fourth-order valence-corrected chi connectivity index (χ4v) is 1.31. The van der Waals surface area contributed by atoms with E-state index in [-0.39, 0.29) is 11.6 Å². The zero-order chi connectivity index (χ0) is 10.4. The van der Waals surface area contributed by atoms with Crippen molar-refractivity contribution in [1.29, 1.82) is 0 Å². The van der Waals surface area contributed by atoms with Crippen LogP contribution in [0.5, 0.6) is 5.75 Å². The monoisotopic (exact) mass is 262 g/mol. The lowest BCUT2D eigenvalue weighted by molar-refractivity contribution is 0.170. The van der Waals surface area contributed by atoms with Crippen LogP contribution in [0.1, 0.15) is 6.42 Å². The highest BCUT2D eigenvalue weighted by Crippen LogP contribution is 2.21. The molecular weight excluding hydrogens is 251 g/mol. The summed E-state index contributed by atoms with van der Waals surface area (Å²) in [4.78, 5) is 0. The molecule has 14 heavy (non-hydrogen) atoms. The van der Waals surface area contributed by atoms with Gasteiger partial charge in [-0.15, -0.1) is 0 Å². The van der Waals surface area contributed by atoms with Gasteiger partial charge in [-0.1, -0.05) is 15.9 Å². The van der Waals surface area contributed by atoms with Crippen molar-refractivity contribution in [2.45, 2.75) is 6.42 Å². The van der Waals surface area contributed by atoms with Crippen LogP contribution in [0.3, 0.4) is 0 Å². The van der Waals surface area contributed by atoms with Gasteiger partial charge in [0.15, 0.2) is 11.6 Å². The van der Waals surface area contributed by atoms with E-state index in [1.165, 1.54) is 6.07 Å². The molecule has 1 aromatic rings. The van der Waals surface area contributed by atoms with Crippen LogP contribution in [-0.2, 0) is 4.74 Å². The Morgan fingerprint density at radius 3 is 2.79 bits per heavy atom. The van der Waals surface area contributed by atoms with Gasteiger partial charge in [-0.25, -0.2) is 4.39 Å². The summed E-state index contributed by atoms with van der Waals surface area (Å²) in [7, 11) is 1.63. The summed E-state index contributed by atoms with van der Waals surface area (Å²) < 4.78 is 23.9. The van der Waals surface area contributed by atoms with Crippen LogP contribution >= 0.6 is 15.9 Å². The minimum Gasteiger partial charge on any atom is -0.490 e. The average molecular weight is 263 g/mol. The van der Waals surface area contributed by atoms with Crippen molar-refractivity contribution in [3.63, 3.8) is 0 Å². The minimum atomic E-state index is -0.350. The summed E-state index contributed by atoms with van der Waals surface area (Å²) >= 11 is 3.17. The SMILES string of the molecule is COCCCOc1ccc(Br)cc1F. The number of halogens is 2. The third-order valence-corrected chi connectivity index (χ3v) is 2.14. The van der Waals surface area contributed by atoms with Gasteiger partial charge in [0.05, 0.1) is 6.61 Å². The topological polar surface area (TPSA) is 18.5 Å². The van der Waals surface area contributed by atoms with Gasteiger partial charge in [-0.05, 0) is 18.2 Å². The van der Waals surface area contributed by atoms with E-state index >= 15 is 0 Å². The Bertz CT molecular complexity index is 291. The zero-order valence-corrected chi connectivity index (χ0v) is 9.51. The highest BCUT2D eigenvalue weighted by molar-refractivity contribution is 9.10. The van der Waals surface area contributed by atoms with E-state index in [2.05, 4.69) is 15.9 Å². The summed E-state index contributed by atoms with van der Waals surface area (Å²) in [5, 5.41) is 0. The molecule has 0 amide bonds. The Morgan fingerprint density at radius 1 is 1.36 bits per heavy atom. The van der Waals surface area contributed by atoms with Crippen molar-refractivity contribution in [1.82, 2.24) is 0 Å². The van der Waals surface area contributed by atoms with Gasteiger partial charge in [0.1, 0.15) is 0 Å². The Labute approximate surface area is 91.2 Å². The molecule has 0 N–H and O–H groups in total. The Hall–Kier alpha value is -0.610. The predicted octanol–water partition coefficient (Wildman–Crippen LogP) is 3.00. The molecule has 0 radical (unpaired) electrons. The summed E-state index contributed by atoms with van der Waals surface area (Å²) in [6, 6.07) is 4.73. The van der Waals surface area contributed by atoms with E-state index < -0.39 is 0 Å². The second-order valence-corrected chi connectivity index (χ2v) is 3.69. The lowest BCUT2D eigenvalue weighted by atomic mass is 10.3. The lowest BCUT2D eigenvalue weighted by Gasteiger charge is -2.06. The lowest BCUT2D eigenvalue weighted by Crippen LogP contribution is -2.02. The summed E-state index contributed by atoms with van der Waals surface area (Å²) in [5.74, 6) is -0.0684. The van der Waals surface area contributed by atoms with E-state index in [1.54, 1.807) is 19.2 Å². The number of rotatable bonds is 5. The van der Waals surface area contributed by atoms with Crippen molar-refractivity contribution in [2.24, 2.45) is 0 Å². The van der Waals surface area contributed by atoms with Crippen LogP contribution in [0, 0.1) is 5.82 Å². The Balaban J connectivity index is 2.42. The van der Waals surface area contributed by atoms with E-state index in [0.717, 1.165) is 6.42 Å². The molecule has 0 aliphatic carbocycles. The minimum absolute atomic E-state index is 0.282. The first-order valence-electron chi connectivity index (χ1n) is 4.31. The molecule has 0 saturated carbocycles. The first kappa shape index (κ1) is 11.5. The highest BCUT2D eigenvalue weighted by atomic mass is 79.9. The van der Waals surface area contributed by atoms with Gasteiger partial charge in [0.2, 0.25) is 0 Å². The van der Waals surface area contributed by atoms with Gasteiger partial charge in [-0.3, -0.25) is 0 Å². The molecular formula is C10H12BrFO2. The van der Waals surface area contributed by atoms with Gasteiger partial charge in [0.25, 0.3) is 0 Å².